The summed E-state index contributed by atoms with van der Waals surface area (Å²) in [7, 11) is 0. The van der Waals surface area contributed by atoms with Gasteiger partial charge in [-0.1, -0.05) is 31.9 Å². The van der Waals surface area contributed by atoms with Crippen molar-refractivity contribution in [3.8, 4) is 11.5 Å². The van der Waals surface area contributed by atoms with E-state index in [1.54, 1.807) is 0 Å². The van der Waals surface area contributed by atoms with Crippen LogP contribution in [0, 0.1) is 3.57 Å². The van der Waals surface area contributed by atoms with Crippen molar-refractivity contribution in [2.75, 3.05) is 23.9 Å². The third kappa shape index (κ3) is 5.40. The maximum Gasteiger partial charge on any atom is 0.124 e. The molecule has 2 nitrogen and oxygen atoms in total. The summed E-state index contributed by atoms with van der Waals surface area (Å²) in [6.07, 6.45) is 0. The van der Waals surface area contributed by atoms with Gasteiger partial charge in [-0.05, 0) is 34.7 Å². The lowest BCUT2D eigenvalue weighted by Gasteiger charge is -2.08. The Morgan fingerprint density at radius 2 is 1.40 bits per heavy atom. The van der Waals surface area contributed by atoms with Crippen LogP contribution < -0.4 is 9.47 Å². The van der Waals surface area contributed by atoms with Gasteiger partial charge in [0.25, 0.3) is 0 Å². The maximum atomic E-state index is 5.51. The molecule has 0 atom stereocenters. The van der Waals surface area contributed by atoms with Gasteiger partial charge in [-0.15, -0.1) is 0 Å². The Hall–Kier alpha value is 0.510. The Balaban J connectivity index is 2.66. The molecule has 0 spiro atoms. The quantitative estimate of drug-likeness (QED) is 0.485. The van der Waals surface area contributed by atoms with E-state index in [0.29, 0.717) is 13.2 Å². The molecule has 0 aliphatic rings. The molecule has 0 aromatic heterocycles. The molecule has 0 amide bonds. The fourth-order valence-corrected chi connectivity index (χ4v) is 1.95. The van der Waals surface area contributed by atoms with Gasteiger partial charge in [0.15, 0.2) is 0 Å². The molecule has 0 radical (unpaired) electrons. The molecular formula is C10H11Br2IO2. The van der Waals surface area contributed by atoms with Crippen LogP contribution in [0.15, 0.2) is 18.2 Å². The van der Waals surface area contributed by atoms with Crippen molar-refractivity contribution < 1.29 is 9.47 Å². The summed E-state index contributed by atoms with van der Waals surface area (Å²) in [5.41, 5.74) is 0. The summed E-state index contributed by atoms with van der Waals surface area (Å²) in [5, 5.41) is 1.66. The maximum absolute atomic E-state index is 5.51. The average molecular weight is 450 g/mol. The summed E-state index contributed by atoms with van der Waals surface area (Å²) in [6.45, 7) is 1.33. The van der Waals surface area contributed by atoms with Gasteiger partial charge in [-0.25, -0.2) is 0 Å². The average Bonchev–Trinajstić information content (AvgIpc) is 2.23. The van der Waals surface area contributed by atoms with Gasteiger partial charge in [0, 0.05) is 20.3 Å². The molecule has 0 bridgehead atoms. The molecule has 0 heterocycles. The lowest BCUT2D eigenvalue weighted by atomic mass is 10.3. The zero-order valence-corrected chi connectivity index (χ0v) is 13.3. The Labute approximate surface area is 120 Å². The van der Waals surface area contributed by atoms with Gasteiger partial charge in [0.05, 0.1) is 13.2 Å². The molecule has 0 unspecified atom stereocenters. The molecule has 1 aromatic carbocycles. The van der Waals surface area contributed by atoms with E-state index < -0.39 is 0 Å². The van der Waals surface area contributed by atoms with Crippen LogP contribution in [0.5, 0.6) is 11.5 Å². The summed E-state index contributed by atoms with van der Waals surface area (Å²) < 4.78 is 12.1. The second-order valence-corrected chi connectivity index (χ2v) is 5.53. The van der Waals surface area contributed by atoms with E-state index in [2.05, 4.69) is 54.5 Å². The van der Waals surface area contributed by atoms with Crippen LogP contribution in [-0.4, -0.2) is 23.9 Å². The molecule has 0 saturated carbocycles. The number of hydrogen-bond donors (Lipinski definition) is 0. The van der Waals surface area contributed by atoms with Gasteiger partial charge < -0.3 is 9.47 Å². The van der Waals surface area contributed by atoms with Crippen molar-refractivity contribution in [3.63, 3.8) is 0 Å². The Kier molecular flexibility index (Phi) is 7.00. The lowest BCUT2D eigenvalue weighted by molar-refractivity contribution is 0.327. The van der Waals surface area contributed by atoms with Gasteiger partial charge >= 0.3 is 0 Å². The SMILES string of the molecule is BrCCOc1cc(I)cc(OCCBr)c1. The molecule has 15 heavy (non-hydrogen) atoms. The van der Waals surface area contributed by atoms with Gasteiger partial charge in [-0.2, -0.15) is 0 Å². The van der Waals surface area contributed by atoms with Crippen molar-refractivity contribution in [2.45, 2.75) is 0 Å². The minimum absolute atomic E-state index is 0.665. The Morgan fingerprint density at radius 3 is 1.80 bits per heavy atom. The third-order valence-corrected chi connectivity index (χ3v) is 2.81. The van der Waals surface area contributed by atoms with Crippen molar-refractivity contribution in [1.29, 1.82) is 0 Å². The third-order valence-electron chi connectivity index (χ3n) is 1.54. The molecule has 5 heteroatoms. The van der Waals surface area contributed by atoms with Crippen molar-refractivity contribution >= 4 is 54.5 Å². The molecule has 0 saturated heterocycles. The van der Waals surface area contributed by atoms with Gasteiger partial charge in [0.2, 0.25) is 0 Å². The molecule has 84 valence electrons. The number of alkyl halides is 2. The summed E-state index contributed by atoms with van der Waals surface area (Å²) in [6, 6.07) is 5.89. The first-order valence-corrected chi connectivity index (χ1v) is 7.76. The first kappa shape index (κ1) is 13.6. The van der Waals surface area contributed by atoms with Crippen molar-refractivity contribution in [2.24, 2.45) is 0 Å². The molecule has 0 fully saturated rings. The number of ether oxygens (including phenoxy) is 2. The smallest absolute Gasteiger partial charge is 0.124 e. The largest absolute Gasteiger partial charge is 0.493 e. The van der Waals surface area contributed by atoms with Crippen LogP contribution >= 0.6 is 54.5 Å². The van der Waals surface area contributed by atoms with E-state index in [4.69, 9.17) is 9.47 Å². The van der Waals surface area contributed by atoms with Crippen LogP contribution in [0.1, 0.15) is 0 Å². The highest BCUT2D eigenvalue weighted by molar-refractivity contribution is 14.1. The second kappa shape index (κ2) is 7.73. The normalized spacial score (nSPS) is 10.1. The number of rotatable bonds is 6. The van der Waals surface area contributed by atoms with Crippen LogP contribution in [0.3, 0.4) is 0 Å². The van der Waals surface area contributed by atoms with Crippen LogP contribution in [-0.2, 0) is 0 Å². The minimum Gasteiger partial charge on any atom is -0.493 e. The van der Waals surface area contributed by atoms with Crippen LogP contribution in [0.4, 0.5) is 0 Å². The molecule has 1 aromatic rings. The molecule has 0 aliphatic carbocycles. The van der Waals surface area contributed by atoms with E-state index in [1.165, 1.54) is 0 Å². The topological polar surface area (TPSA) is 18.5 Å². The molecule has 1 rings (SSSR count). The molecular weight excluding hydrogens is 439 g/mol. The number of halogens is 3. The Morgan fingerprint density at radius 1 is 0.933 bits per heavy atom. The number of benzene rings is 1. The summed E-state index contributed by atoms with van der Waals surface area (Å²) in [4.78, 5) is 0. The van der Waals surface area contributed by atoms with E-state index >= 15 is 0 Å². The molecule has 0 aliphatic heterocycles. The predicted octanol–water partition coefficient (Wildman–Crippen LogP) is 3.84. The lowest BCUT2D eigenvalue weighted by Crippen LogP contribution is -2.01. The summed E-state index contributed by atoms with van der Waals surface area (Å²) in [5.74, 6) is 1.71. The Bertz CT molecular complexity index is 281. The highest BCUT2D eigenvalue weighted by Gasteiger charge is 2.01. The van der Waals surface area contributed by atoms with Crippen molar-refractivity contribution in [3.05, 3.63) is 21.8 Å². The van der Waals surface area contributed by atoms with Gasteiger partial charge in [0.1, 0.15) is 11.5 Å². The zero-order chi connectivity index (χ0) is 11.1. The van der Waals surface area contributed by atoms with Crippen LogP contribution in [0.2, 0.25) is 0 Å². The zero-order valence-electron chi connectivity index (χ0n) is 8.01. The van der Waals surface area contributed by atoms with E-state index in [9.17, 15) is 0 Å². The fourth-order valence-electron chi connectivity index (χ4n) is 1.02. The second-order valence-electron chi connectivity index (χ2n) is 2.70. The number of hydrogen-bond acceptors (Lipinski definition) is 2. The van der Waals surface area contributed by atoms with Crippen molar-refractivity contribution in [1.82, 2.24) is 0 Å². The fraction of sp³-hybridized carbons (Fsp3) is 0.400. The minimum atomic E-state index is 0.665. The summed E-state index contributed by atoms with van der Waals surface area (Å²) >= 11 is 8.89. The predicted molar refractivity (Wildman–Crippen MR) is 77.7 cm³/mol. The first-order chi connectivity index (χ1) is 7.26. The first-order valence-electron chi connectivity index (χ1n) is 4.44. The monoisotopic (exact) mass is 448 g/mol. The van der Waals surface area contributed by atoms with E-state index in [1.807, 2.05) is 18.2 Å². The van der Waals surface area contributed by atoms with E-state index in [-0.39, 0.29) is 0 Å². The molecule has 0 N–H and O–H groups in total. The standard InChI is InChI=1S/C10H11Br2IO2/c11-1-3-14-9-5-8(13)6-10(7-9)15-4-2-12/h5-7H,1-4H2. The van der Waals surface area contributed by atoms with E-state index in [0.717, 1.165) is 25.7 Å². The highest BCUT2D eigenvalue weighted by Crippen LogP contribution is 2.24. The van der Waals surface area contributed by atoms with Crippen LogP contribution in [0.25, 0.3) is 0 Å². The van der Waals surface area contributed by atoms with Gasteiger partial charge in [-0.3, -0.25) is 0 Å². The highest BCUT2D eigenvalue weighted by atomic mass is 127.